The van der Waals surface area contributed by atoms with Crippen LogP contribution < -0.4 is 10.6 Å². The van der Waals surface area contributed by atoms with Crippen molar-refractivity contribution in [2.45, 2.75) is 51.4 Å². The van der Waals surface area contributed by atoms with Gasteiger partial charge in [0, 0.05) is 30.9 Å². The van der Waals surface area contributed by atoms with E-state index < -0.39 is 17.9 Å². The second-order valence-electron chi connectivity index (χ2n) is 9.45. The van der Waals surface area contributed by atoms with Gasteiger partial charge in [0.2, 0.25) is 0 Å². The number of anilines is 1. The first-order valence-electron chi connectivity index (χ1n) is 12.2. The summed E-state index contributed by atoms with van der Waals surface area (Å²) in [5, 5.41) is 10.6. The fraction of sp³-hybridized carbons (Fsp3) is 0.423. The summed E-state index contributed by atoms with van der Waals surface area (Å²) in [5.74, 6) is -0.923. The number of carbonyl (C=O) groups excluding carboxylic acids is 1. The highest BCUT2D eigenvalue weighted by Crippen LogP contribution is 2.28. The number of benzene rings is 1. The Morgan fingerprint density at radius 1 is 1.17 bits per heavy atom. The second-order valence-corrected chi connectivity index (χ2v) is 9.45. The molecule has 0 spiro atoms. The van der Waals surface area contributed by atoms with Gasteiger partial charge in [-0.25, -0.2) is 13.5 Å². The molecule has 2 aliphatic rings. The molecule has 0 bridgehead atoms. The third-order valence-corrected chi connectivity index (χ3v) is 6.78. The Morgan fingerprint density at radius 3 is 2.74 bits per heavy atom. The first kappa shape index (κ1) is 23.4. The number of hydrogen-bond acceptors (Lipinski definition) is 5. The Labute approximate surface area is 203 Å². The van der Waals surface area contributed by atoms with E-state index in [1.165, 1.54) is 6.07 Å². The number of nitrogens with one attached hydrogen (secondary N) is 2. The van der Waals surface area contributed by atoms with E-state index in [0.717, 1.165) is 49.2 Å². The Kier molecular flexibility index (Phi) is 6.51. The number of likely N-dealkylation sites (tertiary alicyclic amines) is 1. The fourth-order valence-electron chi connectivity index (χ4n) is 4.52. The molecule has 7 nitrogen and oxygen atoms in total. The van der Waals surface area contributed by atoms with E-state index in [9.17, 15) is 13.6 Å². The molecule has 1 aromatic carbocycles. The van der Waals surface area contributed by atoms with Gasteiger partial charge in [0.15, 0.2) is 0 Å². The number of rotatable bonds is 7. The van der Waals surface area contributed by atoms with E-state index >= 15 is 0 Å². The normalized spacial score (nSPS) is 20.6. The summed E-state index contributed by atoms with van der Waals surface area (Å²) in [6.07, 6.45) is 8.52. The van der Waals surface area contributed by atoms with Gasteiger partial charge in [-0.1, -0.05) is 6.92 Å². The van der Waals surface area contributed by atoms with Gasteiger partial charge in [-0.05, 0) is 62.1 Å². The van der Waals surface area contributed by atoms with Gasteiger partial charge < -0.3 is 15.5 Å². The van der Waals surface area contributed by atoms with Gasteiger partial charge in [0.1, 0.15) is 12.0 Å². The van der Waals surface area contributed by atoms with Crippen LogP contribution in [0.2, 0.25) is 0 Å². The zero-order chi connectivity index (χ0) is 24.5. The van der Waals surface area contributed by atoms with Crippen LogP contribution in [0.15, 0.2) is 43.0 Å². The summed E-state index contributed by atoms with van der Waals surface area (Å²) in [4.78, 5) is 18.9. The average molecular weight is 481 g/mol. The summed E-state index contributed by atoms with van der Waals surface area (Å²) < 4.78 is 30.8. The van der Waals surface area contributed by atoms with E-state index in [4.69, 9.17) is 0 Å². The number of nitrogens with zero attached hydrogens (tertiary/aromatic N) is 4. The average Bonchev–Trinajstić information content (AvgIpc) is 3.52. The highest BCUT2D eigenvalue weighted by Gasteiger charge is 2.28. The molecule has 1 amide bonds. The molecule has 1 aliphatic heterocycles. The smallest absolute Gasteiger partial charge is 0.254 e. The molecule has 3 aromatic rings. The number of halogens is 2. The maximum absolute atomic E-state index is 14.6. The monoisotopic (exact) mass is 480 g/mol. The minimum Gasteiger partial charge on any atom is -0.378 e. The zero-order valence-electron chi connectivity index (χ0n) is 20.0. The zero-order valence-corrected chi connectivity index (χ0v) is 20.0. The second kappa shape index (κ2) is 9.73. The predicted molar refractivity (Wildman–Crippen MR) is 131 cm³/mol. The maximum atomic E-state index is 14.6. The summed E-state index contributed by atoms with van der Waals surface area (Å²) in [5.41, 5.74) is 3.70. The SMILES string of the molecule is CCN1CC[C@H](Nc2cncc(-n3cc(-c4cc(C(=O)NC5CC5)c(F)cc4C)cn3)c2)[C@H](F)C1. The number of carbonyl (C=O) groups is 1. The van der Waals surface area contributed by atoms with Gasteiger partial charge in [0.05, 0.1) is 41.6 Å². The number of aryl methyl sites for hydroxylation is 1. The molecule has 0 unspecified atom stereocenters. The molecule has 184 valence electrons. The lowest BCUT2D eigenvalue weighted by atomic mass is 9.99. The van der Waals surface area contributed by atoms with Crippen molar-refractivity contribution in [3.63, 3.8) is 0 Å². The van der Waals surface area contributed by atoms with Crippen LogP contribution in [0.4, 0.5) is 14.5 Å². The number of amides is 1. The topological polar surface area (TPSA) is 75.1 Å². The van der Waals surface area contributed by atoms with Crippen LogP contribution in [-0.2, 0) is 0 Å². The van der Waals surface area contributed by atoms with E-state index in [1.54, 1.807) is 29.3 Å². The molecule has 2 atom stereocenters. The molecule has 5 rings (SSSR count). The highest BCUT2D eigenvalue weighted by molar-refractivity contribution is 5.96. The molecule has 1 aliphatic carbocycles. The van der Waals surface area contributed by atoms with Gasteiger partial charge in [-0.2, -0.15) is 5.10 Å². The van der Waals surface area contributed by atoms with E-state index in [-0.39, 0.29) is 17.6 Å². The van der Waals surface area contributed by atoms with Crippen LogP contribution in [0.1, 0.15) is 42.1 Å². The number of aromatic nitrogens is 3. The summed E-state index contributed by atoms with van der Waals surface area (Å²) in [6.45, 7) is 6.00. The van der Waals surface area contributed by atoms with Crippen LogP contribution in [0, 0.1) is 12.7 Å². The molecule has 1 saturated heterocycles. The van der Waals surface area contributed by atoms with Crippen LogP contribution in [0.5, 0.6) is 0 Å². The quantitative estimate of drug-likeness (QED) is 0.532. The number of pyridine rings is 1. The van der Waals surface area contributed by atoms with E-state index in [1.807, 2.05) is 26.1 Å². The van der Waals surface area contributed by atoms with Crippen molar-refractivity contribution in [2.75, 3.05) is 25.0 Å². The fourth-order valence-corrected chi connectivity index (χ4v) is 4.52. The van der Waals surface area contributed by atoms with Crippen molar-refractivity contribution in [3.8, 4) is 16.8 Å². The Morgan fingerprint density at radius 2 is 2.00 bits per heavy atom. The van der Waals surface area contributed by atoms with Gasteiger partial charge in [-0.15, -0.1) is 0 Å². The van der Waals surface area contributed by atoms with Crippen molar-refractivity contribution < 1.29 is 13.6 Å². The van der Waals surface area contributed by atoms with Crippen molar-refractivity contribution in [3.05, 3.63) is 59.9 Å². The third kappa shape index (κ3) is 5.19. The largest absolute Gasteiger partial charge is 0.378 e. The minimum atomic E-state index is -0.948. The summed E-state index contributed by atoms with van der Waals surface area (Å²) >= 11 is 0. The Bertz CT molecular complexity index is 1220. The third-order valence-electron chi connectivity index (χ3n) is 6.78. The Balaban J connectivity index is 1.35. The van der Waals surface area contributed by atoms with Crippen molar-refractivity contribution in [1.29, 1.82) is 0 Å². The lowest BCUT2D eigenvalue weighted by Crippen LogP contribution is -2.47. The number of hydrogen-bond donors (Lipinski definition) is 2. The van der Waals surface area contributed by atoms with Gasteiger partial charge in [0.25, 0.3) is 5.91 Å². The van der Waals surface area contributed by atoms with Crippen molar-refractivity contribution in [2.24, 2.45) is 0 Å². The molecular weight excluding hydrogens is 450 g/mol. The molecule has 9 heteroatoms. The molecule has 1 saturated carbocycles. The van der Waals surface area contributed by atoms with Crippen molar-refractivity contribution >= 4 is 11.6 Å². The lowest BCUT2D eigenvalue weighted by Gasteiger charge is -2.34. The summed E-state index contributed by atoms with van der Waals surface area (Å²) in [7, 11) is 0. The highest BCUT2D eigenvalue weighted by atomic mass is 19.1. The molecule has 35 heavy (non-hydrogen) atoms. The van der Waals surface area contributed by atoms with Gasteiger partial charge in [-0.3, -0.25) is 9.78 Å². The van der Waals surface area contributed by atoms with Gasteiger partial charge >= 0.3 is 0 Å². The predicted octanol–water partition coefficient (Wildman–Crippen LogP) is 4.12. The Hall–Kier alpha value is -3.33. The van der Waals surface area contributed by atoms with Crippen molar-refractivity contribution in [1.82, 2.24) is 25.0 Å². The molecular formula is C26H30F2N6O. The standard InChI is InChI=1S/C26H30F2N6O/c1-3-33-7-6-25(24(28)15-33)31-19-9-20(13-29-12-19)34-14-17(11-30-34)21-10-22(23(27)8-16(21)2)26(35)32-18-4-5-18/h8-14,18,24-25,31H,3-7,15H2,1-2H3,(H,32,35)/t24-,25+/m1/s1. The van der Waals surface area contributed by atoms with E-state index in [0.29, 0.717) is 17.8 Å². The summed E-state index contributed by atoms with van der Waals surface area (Å²) in [6, 6.07) is 4.75. The number of alkyl halides is 1. The maximum Gasteiger partial charge on any atom is 0.254 e. The molecule has 0 radical (unpaired) electrons. The van der Waals surface area contributed by atoms with Crippen LogP contribution in [0.3, 0.4) is 0 Å². The van der Waals surface area contributed by atoms with Crippen LogP contribution >= 0.6 is 0 Å². The van der Waals surface area contributed by atoms with E-state index in [2.05, 4.69) is 25.6 Å². The molecule has 3 heterocycles. The lowest BCUT2D eigenvalue weighted by molar-refractivity contribution is 0.0947. The van der Waals surface area contributed by atoms with Crippen LogP contribution in [-0.4, -0.2) is 63.5 Å². The number of piperidine rings is 1. The first-order valence-corrected chi connectivity index (χ1v) is 12.2. The molecule has 2 N–H and O–H groups in total. The molecule has 2 fully saturated rings. The van der Waals surface area contributed by atoms with Crippen LogP contribution in [0.25, 0.3) is 16.8 Å². The minimum absolute atomic E-state index is 0.0352. The molecule has 2 aromatic heterocycles. The first-order chi connectivity index (χ1) is 16.9.